The molecule has 0 radical (unpaired) electrons. The highest BCUT2D eigenvalue weighted by atomic mass is 16.4. The molecule has 5 nitrogen and oxygen atoms in total. The first kappa shape index (κ1) is 10.0. The minimum atomic E-state index is -0.702. The minimum absolute atomic E-state index is 0.263. The first-order chi connectivity index (χ1) is 7.25. The van der Waals surface area contributed by atoms with E-state index in [0.29, 0.717) is 0 Å². The summed E-state index contributed by atoms with van der Waals surface area (Å²) < 4.78 is 0. The van der Waals surface area contributed by atoms with E-state index in [1.54, 1.807) is 6.20 Å². The van der Waals surface area contributed by atoms with Gasteiger partial charge in [0.05, 0.1) is 6.20 Å². The largest absolute Gasteiger partial charge is 0.481 e. The summed E-state index contributed by atoms with van der Waals surface area (Å²) in [5.41, 5.74) is 0. The molecule has 1 aliphatic rings. The summed E-state index contributed by atoms with van der Waals surface area (Å²) in [4.78, 5) is 12.8. The maximum atomic E-state index is 10.6. The van der Waals surface area contributed by atoms with Crippen LogP contribution in [0.4, 0.5) is 5.82 Å². The Morgan fingerprint density at radius 2 is 2.60 bits per heavy atom. The van der Waals surface area contributed by atoms with E-state index in [1.807, 2.05) is 6.07 Å². The Hall–Kier alpha value is -1.52. The number of hydrogen-bond acceptors (Lipinski definition) is 3. The number of piperidine rings is 1. The number of H-pyrrole nitrogens is 1. The first-order valence-electron chi connectivity index (χ1n) is 5.22. The molecule has 2 rings (SSSR count). The van der Waals surface area contributed by atoms with Crippen molar-refractivity contribution in [3.8, 4) is 0 Å². The zero-order valence-electron chi connectivity index (χ0n) is 8.52. The lowest BCUT2D eigenvalue weighted by atomic mass is 9.95. The summed E-state index contributed by atoms with van der Waals surface area (Å²) >= 11 is 0. The van der Waals surface area contributed by atoms with Crippen LogP contribution in [0.5, 0.6) is 0 Å². The van der Waals surface area contributed by atoms with E-state index in [1.165, 1.54) is 0 Å². The highest BCUT2D eigenvalue weighted by Gasteiger charge is 2.22. The number of carboxylic acid groups (broad SMARTS) is 1. The van der Waals surface area contributed by atoms with E-state index in [2.05, 4.69) is 15.1 Å². The van der Waals surface area contributed by atoms with Gasteiger partial charge in [0.25, 0.3) is 0 Å². The van der Waals surface area contributed by atoms with Crippen molar-refractivity contribution in [1.82, 2.24) is 10.2 Å². The summed E-state index contributed by atoms with van der Waals surface area (Å²) in [6.45, 7) is 1.80. The molecule has 0 spiro atoms. The Balaban J connectivity index is 1.95. The molecule has 1 atom stereocenters. The van der Waals surface area contributed by atoms with Crippen LogP contribution in [-0.2, 0) is 4.79 Å². The number of nitrogens with one attached hydrogen (secondary N) is 1. The Morgan fingerprint density at radius 1 is 1.73 bits per heavy atom. The fourth-order valence-electron chi connectivity index (χ4n) is 2.12. The number of aromatic nitrogens is 2. The summed E-state index contributed by atoms with van der Waals surface area (Å²) in [6, 6.07) is 1.92. The normalized spacial score (nSPS) is 21.6. The van der Waals surface area contributed by atoms with Crippen molar-refractivity contribution in [2.75, 3.05) is 18.0 Å². The molecule has 1 saturated heterocycles. The van der Waals surface area contributed by atoms with Gasteiger partial charge >= 0.3 is 5.97 Å². The first-order valence-corrected chi connectivity index (χ1v) is 5.22. The van der Waals surface area contributed by atoms with Gasteiger partial charge in [0.1, 0.15) is 5.82 Å². The Bertz CT molecular complexity index is 323. The maximum Gasteiger partial charge on any atom is 0.303 e. The van der Waals surface area contributed by atoms with Gasteiger partial charge in [-0.3, -0.25) is 9.89 Å². The van der Waals surface area contributed by atoms with Gasteiger partial charge in [0, 0.05) is 25.6 Å². The quantitative estimate of drug-likeness (QED) is 0.782. The maximum absolute atomic E-state index is 10.6. The molecule has 0 saturated carbocycles. The van der Waals surface area contributed by atoms with Gasteiger partial charge in [-0.2, -0.15) is 5.10 Å². The van der Waals surface area contributed by atoms with Crippen molar-refractivity contribution >= 4 is 11.8 Å². The van der Waals surface area contributed by atoms with Crippen molar-refractivity contribution < 1.29 is 9.90 Å². The van der Waals surface area contributed by atoms with Gasteiger partial charge in [-0.15, -0.1) is 0 Å². The number of aromatic amines is 1. The van der Waals surface area contributed by atoms with Crippen LogP contribution in [0.2, 0.25) is 0 Å². The lowest BCUT2D eigenvalue weighted by Crippen LogP contribution is -2.36. The third-order valence-electron chi connectivity index (χ3n) is 2.81. The lowest BCUT2D eigenvalue weighted by Gasteiger charge is -2.32. The van der Waals surface area contributed by atoms with E-state index in [0.717, 1.165) is 31.7 Å². The number of rotatable bonds is 3. The van der Waals surface area contributed by atoms with Gasteiger partial charge in [-0.05, 0) is 18.8 Å². The fourth-order valence-corrected chi connectivity index (χ4v) is 2.12. The van der Waals surface area contributed by atoms with E-state index < -0.39 is 5.97 Å². The second kappa shape index (κ2) is 4.33. The molecule has 1 unspecified atom stereocenters. The van der Waals surface area contributed by atoms with Crippen molar-refractivity contribution in [1.29, 1.82) is 0 Å². The molecular weight excluding hydrogens is 194 g/mol. The topological polar surface area (TPSA) is 69.2 Å². The van der Waals surface area contributed by atoms with E-state index in [9.17, 15) is 4.79 Å². The van der Waals surface area contributed by atoms with Crippen LogP contribution in [0, 0.1) is 5.92 Å². The van der Waals surface area contributed by atoms with Crippen molar-refractivity contribution in [3.05, 3.63) is 12.3 Å². The number of carbonyl (C=O) groups is 1. The minimum Gasteiger partial charge on any atom is -0.481 e. The SMILES string of the molecule is O=C(O)CC1CCCN(c2ccn[nH]2)C1. The summed E-state index contributed by atoms with van der Waals surface area (Å²) in [5, 5.41) is 15.6. The summed E-state index contributed by atoms with van der Waals surface area (Å²) in [5.74, 6) is 0.552. The number of hydrogen-bond donors (Lipinski definition) is 2. The molecule has 0 aliphatic carbocycles. The molecule has 2 N–H and O–H groups in total. The average Bonchev–Trinajstić information content (AvgIpc) is 2.69. The summed E-state index contributed by atoms with van der Waals surface area (Å²) in [6.07, 6.45) is 4.05. The molecule has 1 fully saturated rings. The predicted molar refractivity (Wildman–Crippen MR) is 55.8 cm³/mol. The van der Waals surface area contributed by atoms with E-state index in [4.69, 9.17) is 5.11 Å². The molecule has 0 amide bonds. The van der Waals surface area contributed by atoms with Gasteiger partial charge in [0.2, 0.25) is 0 Å². The molecule has 1 aromatic heterocycles. The number of nitrogens with zero attached hydrogens (tertiary/aromatic N) is 2. The molecule has 0 aromatic carbocycles. The van der Waals surface area contributed by atoms with Crippen LogP contribution < -0.4 is 4.90 Å². The van der Waals surface area contributed by atoms with Crippen LogP contribution in [0.3, 0.4) is 0 Å². The number of aliphatic carboxylic acids is 1. The van der Waals surface area contributed by atoms with Crippen LogP contribution in [-0.4, -0.2) is 34.4 Å². The highest BCUT2D eigenvalue weighted by Crippen LogP contribution is 2.23. The van der Waals surface area contributed by atoms with Crippen LogP contribution in [0.15, 0.2) is 12.3 Å². The molecule has 0 bridgehead atoms. The molecule has 5 heteroatoms. The number of carboxylic acids is 1. The van der Waals surface area contributed by atoms with Crippen molar-refractivity contribution in [3.63, 3.8) is 0 Å². The van der Waals surface area contributed by atoms with Crippen LogP contribution in [0.25, 0.3) is 0 Å². The molecule has 2 heterocycles. The van der Waals surface area contributed by atoms with Crippen LogP contribution >= 0.6 is 0 Å². The van der Waals surface area contributed by atoms with Crippen molar-refractivity contribution in [2.24, 2.45) is 5.92 Å². The molecule has 15 heavy (non-hydrogen) atoms. The third kappa shape index (κ3) is 2.49. The Morgan fingerprint density at radius 3 is 3.27 bits per heavy atom. The second-order valence-electron chi connectivity index (χ2n) is 3.99. The standard InChI is InChI=1S/C10H15N3O2/c14-10(15)6-8-2-1-5-13(7-8)9-3-4-11-12-9/h3-4,8H,1-2,5-7H2,(H,11,12)(H,14,15). The second-order valence-corrected chi connectivity index (χ2v) is 3.99. The van der Waals surface area contributed by atoms with Crippen LogP contribution in [0.1, 0.15) is 19.3 Å². The average molecular weight is 209 g/mol. The zero-order chi connectivity index (χ0) is 10.7. The fraction of sp³-hybridized carbons (Fsp3) is 0.600. The van der Waals surface area contributed by atoms with Gasteiger partial charge < -0.3 is 10.0 Å². The van der Waals surface area contributed by atoms with E-state index in [-0.39, 0.29) is 12.3 Å². The molecular formula is C10H15N3O2. The predicted octanol–water partition coefficient (Wildman–Crippen LogP) is 1.10. The van der Waals surface area contributed by atoms with E-state index >= 15 is 0 Å². The summed E-state index contributed by atoms with van der Waals surface area (Å²) in [7, 11) is 0. The molecule has 1 aromatic rings. The molecule has 1 aliphatic heterocycles. The number of anilines is 1. The monoisotopic (exact) mass is 209 g/mol. The Kier molecular flexibility index (Phi) is 2.89. The van der Waals surface area contributed by atoms with Gasteiger partial charge in [-0.25, -0.2) is 0 Å². The van der Waals surface area contributed by atoms with Crippen molar-refractivity contribution in [2.45, 2.75) is 19.3 Å². The third-order valence-corrected chi connectivity index (χ3v) is 2.81. The zero-order valence-corrected chi connectivity index (χ0v) is 8.52. The lowest BCUT2D eigenvalue weighted by molar-refractivity contribution is -0.138. The van der Waals surface area contributed by atoms with Gasteiger partial charge in [-0.1, -0.05) is 0 Å². The highest BCUT2D eigenvalue weighted by molar-refractivity contribution is 5.67. The Labute approximate surface area is 88.1 Å². The van der Waals surface area contributed by atoms with Gasteiger partial charge in [0.15, 0.2) is 0 Å². The molecule has 82 valence electrons. The smallest absolute Gasteiger partial charge is 0.303 e.